The van der Waals surface area contributed by atoms with E-state index in [9.17, 15) is 0 Å². The molecule has 0 heterocycles. The second-order valence-electron chi connectivity index (χ2n) is 5.05. The number of hydrogen-bond donors (Lipinski definition) is 2. The lowest BCUT2D eigenvalue weighted by Gasteiger charge is -2.23. The van der Waals surface area contributed by atoms with Crippen LogP contribution in [0.1, 0.15) is 19.4 Å². The third-order valence-electron chi connectivity index (χ3n) is 3.01. The highest BCUT2D eigenvalue weighted by Gasteiger charge is 2.15. The number of thioether (sulfide) groups is 1. The minimum absolute atomic E-state index is 0.219. The van der Waals surface area contributed by atoms with E-state index in [4.69, 9.17) is 0 Å². The molecule has 0 aliphatic heterocycles. The minimum atomic E-state index is 0.219. The number of nitrogens with one attached hydrogen (secondary N) is 2. The van der Waals surface area contributed by atoms with Crippen molar-refractivity contribution < 1.29 is 0 Å². The van der Waals surface area contributed by atoms with Gasteiger partial charge in [-0.2, -0.15) is 11.8 Å². The number of hydrogen-bond acceptors (Lipinski definition) is 2. The van der Waals surface area contributed by atoms with Gasteiger partial charge in [0.25, 0.3) is 0 Å². The summed E-state index contributed by atoms with van der Waals surface area (Å²) in [5.74, 6) is 0.873. The Morgan fingerprint density at radius 2 is 1.89 bits per heavy atom. The van der Waals surface area contributed by atoms with Gasteiger partial charge >= 0.3 is 0 Å². The van der Waals surface area contributed by atoms with Crippen molar-refractivity contribution in [1.29, 1.82) is 0 Å². The lowest BCUT2D eigenvalue weighted by atomic mass is 10.1. The predicted octanol–water partition coefficient (Wildman–Crippen LogP) is 2.54. The zero-order valence-corrected chi connectivity index (χ0v) is 13.2. The van der Waals surface area contributed by atoms with Crippen LogP contribution in [0.2, 0.25) is 0 Å². The van der Waals surface area contributed by atoms with Gasteiger partial charge in [-0.25, -0.2) is 0 Å². The number of aliphatic imine (C=N–C) groups is 1. The molecule has 3 nitrogen and oxygen atoms in total. The Balaban J connectivity index is 2.30. The molecule has 1 aromatic rings. The highest BCUT2D eigenvalue weighted by molar-refractivity contribution is 7.99. The van der Waals surface area contributed by atoms with E-state index in [1.54, 1.807) is 0 Å². The van der Waals surface area contributed by atoms with Crippen molar-refractivity contribution in [3.05, 3.63) is 35.9 Å². The first-order valence-electron chi connectivity index (χ1n) is 6.61. The van der Waals surface area contributed by atoms with Crippen LogP contribution in [-0.4, -0.2) is 37.1 Å². The van der Waals surface area contributed by atoms with E-state index >= 15 is 0 Å². The number of rotatable bonds is 6. The average molecular weight is 279 g/mol. The highest BCUT2D eigenvalue weighted by Crippen LogP contribution is 2.19. The molecule has 19 heavy (non-hydrogen) atoms. The maximum Gasteiger partial charge on any atom is 0.191 e. The highest BCUT2D eigenvalue weighted by atomic mass is 32.2. The van der Waals surface area contributed by atoms with Crippen LogP contribution < -0.4 is 10.6 Å². The van der Waals surface area contributed by atoms with Crippen LogP contribution in [0.15, 0.2) is 35.3 Å². The summed E-state index contributed by atoms with van der Waals surface area (Å²) in [5, 5.41) is 6.71. The van der Waals surface area contributed by atoms with E-state index in [0.717, 1.165) is 25.5 Å². The minimum Gasteiger partial charge on any atom is -0.356 e. The molecule has 0 bridgehead atoms. The van der Waals surface area contributed by atoms with Gasteiger partial charge in [-0.15, -0.1) is 0 Å². The van der Waals surface area contributed by atoms with Crippen molar-refractivity contribution in [2.45, 2.75) is 25.0 Å². The predicted molar refractivity (Wildman–Crippen MR) is 87.1 cm³/mol. The van der Waals surface area contributed by atoms with E-state index in [2.05, 4.69) is 60.0 Å². The Morgan fingerprint density at radius 3 is 2.47 bits per heavy atom. The Hall–Kier alpha value is -1.16. The second-order valence-corrected chi connectivity index (χ2v) is 6.57. The summed E-state index contributed by atoms with van der Waals surface area (Å²) >= 11 is 1.85. The van der Waals surface area contributed by atoms with Crippen LogP contribution in [0.4, 0.5) is 0 Å². The van der Waals surface area contributed by atoms with Gasteiger partial charge in [0.2, 0.25) is 0 Å². The van der Waals surface area contributed by atoms with Crippen molar-refractivity contribution in [1.82, 2.24) is 10.6 Å². The maximum atomic E-state index is 4.24. The second kappa shape index (κ2) is 8.10. The quantitative estimate of drug-likeness (QED) is 0.620. The molecule has 0 spiro atoms. The van der Waals surface area contributed by atoms with Crippen LogP contribution in [0.25, 0.3) is 0 Å². The van der Waals surface area contributed by atoms with Crippen molar-refractivity contribution in [3.8, 4) is 0 Å². The van der Waals surface area contributed by atoms with E-state index in [1.165, 1.54) is 5.56 Å². The Bertz CT molecular complexity index is 388. The molecule has 0 fully saturated rings. The fourth-order valence-electron chi connectivity index (χ4n) is 1.56. The molecule has 0 unspecified atom stereocenters. The van der Waals surface area contributed by atoms with Crippen LogP contribution in [0, 0.1) is 0 Å². The van der Waals surface area contributed by atoms with Crippen LogP contribution in [0.5, 0.6) is 0 Å². The Morgan fingerprint density at radius 1 is 1.21 bits per heavy atom. The van der Waals surface area contributed by atoms with E-state index in [0.29, 0.717) is 0 Å². The fraction of sp³-hybridized carbons (Fsp3) is 0.533. The molecule has 0 radical (unpaired) electrons. The molecular formula is C15H25N3S. The van der Waals surface area contributed by atoms with Crippen LogP contribution in [-0.2, 0) is 6.42 Å². The lowest BCUT2D eigenvalue weighted by molar-refractivity contribution is 0.664. The van der Waals surface area contributed by atoms with Gasteiger partial charge in [-0.05, 0) is 32.1 Å². The molecule has 1 aromatic carbocycles. The summed E-state index contributed by atoms with van der Waals surface area (Å²) in [5.41, 5.74) is 1.34. The molecule has 1 rings (SSSR count). The smallest absolute Gasteiger partial charge is 0.191 e. The number of guanidine groups is 1. The molecule has 0 aliphatic carbocycles. The topological polar surface area (TPSA) is 36.4 Å². The molecule has 106 valence electrons. The summed E-state index contributed by atoms with van der Waals surface area (Å²) in [6.07, 6.45) is 3.14. The Labute approximate surface area is 121 Å². The molecule has 4 heteroatoms. The summed E-state index contributed by atoms with van der Waals surface area (Å²) in [6.45, 7) is 6.24. The van der Waals surface area contributed by atoms with Crippen molar-refractivity contribution in [2.75, 3.05) is 26.4 Å². The van der Waals surface area contributed by atoms with E-state index < -0.39 is 0 Å². The first-order valence-corrected chi connectivity index (χ1v) is 7.83. The maximum absolute atomic E-state index is 4.24. The van der Waals surface area contributed by atoms with E-state index in [-0.39, 0.29) is 4.75 Å². The molecule has 0 saturated heterocycles. The summed E-state index contributed by atoms with van der Waals surface area (Å²) in [4.78, 5) is 4.24. The molecule has 0 amide bonds. The fourth-order valence-corrected chi connectivity index (χ4v) is 1.78. The molecule has 0 aromatic heterocycles. The van der Waals surface area contributed by atoms with Crippen LogP contribution >= 0.6 is 11.8 Å². The SMILES string of the molecule is CN=C(NCCc1ccccc1)NCC(C)(C)SC. The first-order chi connectivity index (χ1) is 9.07. The van der Waals surface area contributed by atoms with Gasteiger partial charge in [-0.1, -0.05) is 30.3 Å². The molecular weight excluding hydrogens is 254 g/mol. The third-order valence-corrected chi connectivity index (χ3v) is 4.26. The zero-order chi connectivity index (χ0) is 14.1. The monoisotopic (exact) mass is 279 g/mol. The van der Waals surface area contributed by atoms with Gasteiger partial charge in [0.15, 0.2) is 5.96 Å². The zero-order valence-electron chi connectivity index (χ0n) is 12.4. The largest absolute Gasteiger partial charge is 0.356 e. The average Bonchev–Trinajstić information content (AvgIpc) is 2.43. The normalized spacial score (nSPS) is 12.3. The lowest BCUT2D eigenvalue weighted by Crippen LogP contribution is -2.43. The van der Waals surface area contributed by atoms with Gasteiger partial charge in [0.1, 0.15) is 0 Å². The van der Waals surface area contributed by atoms with Gasteiger partial charge < -0.3 is 10.6 Å². The number of nitrogens with zero attached hydrogens (tertiary/aromatic N) is 1. The molecule has 2 N–H and O–H groups in total. The third kappa shape index (κ3) is 6.53. The van der Waals surface area contributed by atoms with Gasteiger partial charge in [0, 0.05) is 24.9 Å². The van der Waals surface area contributed by atoms with Crippen LogP contribution in [0.3, 0.4) is 0 Å². The van der Waals surface area contributed by atoms with E-state index in [1.807, 2.05) is 24.9 Å². The van der Waals surface area contributed by atoms with Crippen molar-refractivity contribution in [2.24, 2.45) is 4.99 Å². The molecule has 0 atom stereocenters. The first kappa shape index (κ1) is 15.9. The van der Waals surface area contributed by atoms with Crippen molar-refractivity contribution >= 4 is 17.7 Å². The summed E-state index contributed by atoms with van der Waals surface area (Å²) in [6, 6.07) is 10.5. The Kier molecular flexibility index (Phi) is 6.78. The van der Waals surface area contributed by atoms with Crippen molar-refractivity contribution in [3.63, 3.8) is 0 Å². The molecule has 0 saturated carbocycles. The standard InChI is InChI=1S/C15H25N3S/c1-15(2,19-4)12-18-14(16-3)17-11-10-13-8-6-5-7-9-13/h5-9H,10-12H2,1-4H3,(H2,16,17,18). The van der Waals surface area contributed by atoms with Gasteiger partial charge in [0.05, 0.1) is 0 Å². The summed E-state index contributed by atoms with van der Waals surface area (Å²) < 4.78 is 0.219. The summed E-state index contributed by atoms with van der Waals surface area (Å²) in [7, 11) is 1.81. The van der Waals surface area contributed by atoms with Gasteiger partial charge in [-0.3, -0.25) is 4.99 Å². The molecule has 0 aliphatic rings. The number of benzene rings is 1.